The maximum absolute atomic E-state index is 11.5. The molecule has 0 aliphatic carbocycles. The second kappa shape index (κ2) is 7.71. The molecule has 1 rings (SSSR count). The highest BCUT2D eigenvalue weighted by Gasteiger charge is 2.19. The Bertz CT molecular complexity index is 433. The van der Waals surface area contributed by atoms with E-state index in [9.17, 15) is 9.90 Å². The molecular formula is C14H23N3O2. The molecule has 0 radical (unpaired) electrons. The number of carbonyl (C=O) groups is 1. The number of anilines is 1. The molecule has 0 atom stereocenters. The first kappa shape index (κ1) is 15.4. The van der Waals surface area contributed by atoms with Gasteiger partial charge in [-0.25, -0.2) is 4.79 Å². The lowest BCUT2D eigenvalue weighted by Gasteiger charge is -2.13. The highest BCUT2D eigenvalue weighted by Crippen LogP contribution is 2.21. The van der Waals surface area contributed by atoms with E-state index >= 15 is 0 Å². The van der Waals surface area contributed by atoms with E-state index in [2.05, 4.69) is 22.4 Å². The average molecular weight is 265 g/mol. The third-order valence-electron chi connectivity index (χ3n) is 3.13. The molecule has 2 N–H and O–H groups in total. The van der Waals surface area contributed by atoms with Gasteiger partial charge in [0.05, 0.1) is 5.69 Å². The van der Waals surface area contributed by atoms with E-state index in [4.69, 9.17) is 0 Å². The third-order valence-corrected chi connectivity index (χ3v) is 3.13. The zero-order valence-electron chi connectivity index (χ0n) is 12.0. The van der Waals surface area contributed by atoms with Crippen LogP contribution in [0.4, 0.5) is 5.82 Å². The number of unbranched alkanes of at least 4 members (excludes halogenated alkanes) is 2. The molecule has 1 aromatic heterocycles. The van der Waals surface area contributed by atoms with Gasteiger partial charge in [0.25, 0.3) is 0 Å². The molecule has 0 aliphatic rings. The summed E-state index contributed by atoms with van der Waals surface area (Å²) in [7, 11) is 0. The molecule has 0 amide bonds. The van der Waals surface area contributed by atoms with Crippen molar-refractivity contribution in [3.8, 4) is 0 Å². The smallest absolute Gasteiger partial charge is 0.339 e. The van der Waals surface area contributed by atoms with Crippen molar-refractivity contribution in [2.75, 3.05) is 11.9 Å². The van der Waals surface area contributed by atoms with Crippen molar-refractivity contribution in [1.29, 1.82) is 0 Å². The van der Waals surface area contributed by atoms with Crippen molar-refractivity contribution in [3.63, 3.8) is 0 Å². The zero-order chi connectivity index (χ0) is 14.3. The van der Waals surface area contributed by atoms with Crippen molar-refractivity contribution in [2.24, 2.45) is 0 Å². The largest absolute Gasteiger partial charge is 0.478 e. The summed E-state index contributed by atoms with van der Waals surface area (Å²) in [5.41, 5.74) is 1.85. The second-order valence-corrected chi connectivity index (χ2v) is 4.49. The predicted molar refractivity (Wildman–Crippen MR) is 75.8 cm³/mol. The van der Waals surface area contributed by atoms with Crippen LogP contribution in [0.3, 0.4) is 0 Å². The lowest BCUT2D eigenvalue weighted by Crippen LogP contribution is -2.15. The first-order chi connectivity index (χ1) is 9.15. The van der Waals surface area contributed by atoms with Gasteiger partial charge in [-0.15, -0.1) is 5.10 Å². The van der Waals surface area contributed by atoms with Gasteiger partial charge >= 0.3 is 5.97 Å². The van der Waals surface area contributed by atoms with Crippen LogP contribution in [0.1, 0.15) is 61.6 Å². The highest BCUT2D eigenvalue weighted by molar-refractivity contribution is 5.95. The van der Waals surface area contributed by atoms with Gasteiger partial charge in [-0.05, 0) is 24.8 Å². The van der Waals surface area contributed by atoms with Crippen molar-refractivity contribution in [1.82, 2.24) is 10.2 Å². The van der Waals surface area contributed by atoms with Gasteiger partial charge < -0.3 is 10.4 Å². The van der Waals surface area contributed by atoms with Gasteiger partial charge in [-0.3, -0.25) is 0 Å². The van der Waals surface area contributed by atoms with E-state index in [-0.39, 0.29) is 5.56 Å². The predicted octanol–water partition coefficient (Wildman–Crippen LogP) is 2.90. The third kappa shape index (κ3) is 3.91. The Hall–Kier alpha value is -1.65. The van der Waals surface area contributed by atoms with Crippen LogP contribution < -0.4 is 5.32 Å². The first-order valence-electron chi connectivity index (χ1n) is 7.01. The van der Waals surface area contributed by atoms with Crippen LogP contribution in [0.2, 0.25) is 0 Å². The summed E-state index contributed by atoms with van der Waals surface area (Å²) in [5, 5.41) is 20.7. The number of nitrogens with one attached hydrogen (secondary N) is 1. The van der Waals surface area contributed by atoms with Crippen molar-refractivity contribution < 1.29 is 9.90 Å². The lowest BCUT2D eigenvalue weighted by atomic mass is 10.0. The molecule has 0 aromatic carbocycles. The van der Waals surface area contributed by atoms with E-state index in [1.54, 1.807) is 0 Å². The Kier molecular flexibility index (Phi) is 6.25. The minimum Gasteiger partial charge on any atom is -0.478 e. The standard InChI is InChI=1S/C14H23N3O2/c1-4-7-8-9-15-13-12(14(18)19)10(5-2)11(6-3)16-17-13/h4-9H2,1-3H3,(H,15,17)(H,18,19). The van der Waals surface area contributed by atoms with E-state index < -0.39 is 5.97 Å². The molecule has 0 saturated heterocycles. The second-order valence-electron chi connectivity index (χ2n) is 4.49. The van der Waals surface area contributed by atoms with Gasteiger partial charge in [0, 0.05) is 6.54 Å². The summed E-state index contributed by atoms with van der Waals surface area (Å²) in [6.07, 6.45) is 4.62. The Labute approximate surface area is 114 Å². The van der Waals surface area contributed by atoms with Crippen LogP contribution in [0.5, 0.6) is 0 Å². The molecular weight excluding hydrogens is 242 g/mol. The van der Waals surface area contributed by atoms with Crippen LogP contribution in [-0.4, -0.2) is 27.8 Å². The molecule has 1 heterocycles. The zero-order valence-corrected chi connectivity index (χ0v) is 12.0. The fourth-order valence-corrected chi connectivity index (χ4v) is 2.11. The van der Waals surface area contributed by atoms with Crippen LogP contribution >= 0.6 is 0 Å². The van der Waals surface area contributed by atoms with Gasteiger partial charge in [-0.1, -0.05) is 33.6 Å². The van der Waals surface area contributed by atoms with Gasteiger partial charge in [0.15, 0.2) is 5.82 Å². The number of aromatic nitrogens is 2. The minimum absolute atomic E-state index is 0.283. The van der Waals surface area contributed by atoms with E-state index in [0.717, 1.165) is 37.1 Å². The summed E-state index contributed by atoms with van der Waals surface area (Å²) in [4.78, 5) is 11.5. The Morgan fingerprint density at radius 1 is 1.16 bits per heavy atom. The SMILES string of the molecule is CCCCCNc1nnc(CC)c(CC)c1C(=O)O. The number of carboxylic acid groups (broad SMARTS) is 1. The fourth-order valence-electron chi connectivity index (χ4n) is 2.11. The molecule has 0 bridgehead atoms. The quantitative estimate of drug-likeness (QED) is 0.707. The van der Waals surface area contributed by atoms with E-state index in [1.807, 2.05) is 13.8 Å². The maximum atomic E-state index is 11.5. The van der Waals surface area contributed by atoms with Gasteiger partial charge in [-0.2, -0.15) is 5.10 Å². The number of aromatic carboxylic acids is 1. The Balaban J connectivity index is 3.00. The molecule has 0 saturated carbocycles. The molecule has 0 aliphatic heterocycles. The summed E-state index contributed by atoms with van der Waals surface area (Å²) >= 11 is 0. The van der Waals surface area contributed by atoms with Crippen LogP contribution in [0, 0.1) is 0 Å². The van der Waals surface area contributed by atoms with Crippen LogP contribution in [-0.2, 0) is 12.8 Å². The summed E-state index contributed by atoms with van der Waals surface area (Å²) in [6, 6.07) is 0. The molecule has 5 nitrogen and oxygen atoms in total. The molecule has 0 unspecified atom stereocenters. The average Bonchev–Trinajstić information content (AvgIpc) is 2.42. The summed E-state index contributed by atoms with van der Waals surface area (Å²) < 4.78 is 0. The fraction of sp³-hybridized carbons (Fsp3) is 0.643. The topological polar surface area (TPSA) is 75.1 Å². The number of hydrogen-bond acceptors (Lipinski definition) is 4. The molecule has 5 heteroatoms. The Morgan fingerprint density at radius 3 is 2.42 bits per heavy atom. The van der Waals surface area contributed by atoms with Crippen molar-refractivity contribution in [2.45, 2.75) is 52.9 Å². The van der Waals surface area contributed by atoms with Crippen molar-refractivity contribution >= 4 is 11.8 Å². The number of rotatable bonds is 8. The normalized spacial score (nSPS) is 10.5. The van der Waals surface area contributed by atoms with Gasteiger partial charge in [0.2, 0.25) is 0 Å². The summed E-state index contributed by atoms with van der Waals surface area (Å²) in [6.45, 7) is 6.78. The van der Waals surface area contributed by atoms with Crippen LogP contribution in [0.25, 0.3) is 0 Å². The first-order valence-corrected chi connectivity index (χ1v) is 7.01. The monoisotopic (exact) mass is 265 g/mol. The number of nitrogens with zero attached hydrogens (tertiary/aromatic N) is 2. The molecule has 0 spiro atoms. The lowest BCUT2D eigenvalue weighted by molar-refractivity contribution is 0.0696. The molecule has 19 heavy (non-hydrogen) atoms. The van der Waals surface area contributed by atoms with Crippen LogP contribution in [0.15, 0.2) is 0 Å². The van der Waals surface area contributed by atoms with E-state index in [0.29, 0.717) is 18.7 Å². The summed E-state index contributed by atoms with van der Waals surface area (Å²) in [5.74, 6) is -0.530. The molecule has 1 aromatic rings. The minimum atomic E-state index is -0.931. The Morgan fingerprint density at radius 2 is 1.89 bits per heavy atom. The molecule has 0 fully saturated rings. The number of carboxylic acids is 1. The molecule has 106 valence electrons. The number of aryl methyl sites for hydroxylation is 1. The van der Waals surface area contributed by atoms with Crippen molar-refractivity contribution in [3.05, 3.63) is 16.8 Å². The maximum Gasteiger partial charge on any atom is 0.339 e. The van der Waals surface area contributed by atoms with Gasteiger partial charge in [0.1, 0.15) is 5.56 Å². The highest BCUT2D eigenvalue weighted by atomic mass is 16.4. The number of hydrogen-bond donors (Lipinski definition) is 2. The van der Waals surface area contributed by atoms with E-state index in [1.165, 1.54) is 0 Å².